The number of methoxy groups -OCH3 is 1. The molecule has 4 atom stereocenters. The number of Topliss-reactive ketones (excluding diaryl/α,β-unsaturated/α-hetero) is 1. The summed E-state index contributed by atoms with van der Waals surface area (Å²) >= 11 is 0. The number of carbonyl (C=O) groups is 3. The lowest BCUT2D eigenvalue weighted by molar-refractivity contribution is -0.130. The molecule has 2 N–H and O–H groups in total. The smallest absolute Gasteiger partial charge is 0.408 e. The van der Waals surface area contributed by atoms with Gasteiger partial charge in [0.2, 0.25) is 14.2 Å². The Morgan fingerprint density at radius 1 is 0.860 bits per heavy atom. The van der Waals surface area contributed by atoms with Gasteiger partial charge in [-0.15, -0.1) is 0 Å². The quantitative estimate of drug-likeness (QED) is 0.111. The fourth-order valence-electron chi connectivity index (χ4n) is 5.43. The molecule has 1 fully saturated rings. The molecular formula is C40H54N2O7Si. The lowest BCUT2D eigenvalue weighted by Crippen LogP contribution is -2.45. The normalized spacial score (nSPS) is 17.5. The van der Waals surface area contributed by atoms with Crippen molar-refractivity contribution in [2.24, 2.45) is 5.92 Å². The van der Waals surface area contributed by atoms with Gasteiger partial charge in [0, 0.05) is 18.4 Å². The molecule has 0 unspecified atom stereocenters. The van der Waals surface area contributed by atoms with Gasteiger partial charge in [-0.2, -0.15) is 0 Å². The monoisotopic (exact) mass is 702 g/mol. The second-order valence-electron chi connectivity index (χ2n) is 15.2. The fourth-order valence-corrected chi connectivity index (χ4v) is 6.46. The minimum Gasteiger partial charge on any atom is -0.544 e. The number of hydrogen-bond donors (Lipinski definition) is 2. The highest BCUT2D eigenvalue weighted by Gasteiger charge is 2.42. The van der Waals surface area contributed by atoms with E-state index in [1.807, 2.05) is 73.7 Å². The third-order valence-electron chi connectivity index (χ3n) is 9.74. The third kappa shape index (κ3) is 11.7. The van der Waals surface area contributed by atoms with Gasteiger partial charge < -0.3 is 29.3 Å². The zero-order valence-corrected chi connectivity index (χ0v) is 31.8. The van der Waals surface area contributed by atoms with E-state index >= 15 is 0 Å². The van der Waals surface area contributed by atoms with Gasteiger partial charge in [0.25, 0.3) is 0 Å². The molecule has 270 valence electrons. The second-order valence-corrected chi connectivity index (χ2v) is 19.9. The summed E-state index contributed by atoms with van der Waals surface area (Å²) in [5.41, 5.74) is 2.50. The Kier molecular flexibility index (Phi) is 12.9. The van der Waals surface area contributed by atoms with Crippen LogP contribution in [-0.2, 0) is 38.5 Å². The Bertz CT molecular complexity index is 1570. The second kappa shape index (κ2) is 16.7. The van der Waals surface area contributed by atoms with Gasteiger partial charge in [0.1, 0.15) is 18.1 Å². The first-order valence-corrected chi connectivity index (χ1v) is 20.3. The Hall–Kier alpha value is -4.15. The van der Waals surface area contributed by atoms with Crippen LogP contribution in [0, 0.1) is 5.92 Å². The molecule has 0 bridgehead atoms. The predicted molar refractivity (Wildman–Crippen MR) is 198 cm³/mol. The Balaban J connectivity index is 1.45. The predicted octanol–water partition coefficient (Wildman–Crippen LogP) is 7.42. The summed E-state index contributed by atoms with van der Waals surface area (Å²) in [5, 5.41) is 5.99. The summed E-state index contributed by atoms with van der Waals surface area (Å²) in [6, 6.07) is 23.9. The number of carbonyl (C=O) groups excluding carboxylic acids is 3. The van der Waals surface area contributed by atoms with E-state index in [0.29, 0.717) is 31.6 Å². The molecule has 9 nitrogen and oxygen atoms in total. The number of alkyl carbamates (subject to hydrolysis) is 1. The largest absolute Gasteiger partial charge is 0.544 e. The van der Waals surface area contributed by atoms with Crippen molar-refractivity contribution in [2.45, 2.75) is 103 Å². The van der Waals surface area contributed by atoms with Crippen LogP contribution in [-0.4, -0.2) is 57.5 Å². The molecule has 0 radical (unpaired) electrons. The number of epoxide rings is 1. The van der Waals surface area contributed by atoms with Gasteiger partial charge in [-0.05, 0) is 92.2 Å². The van der Waals surface area contributed by atoms with Crippen molar-refractivity contribution in [3.63, 3.8) is 0 Å². The van der Waals surface area contributed by atoms with Gasteiger partial charge >= 0.3 is 6.09 Å². The van der Waals surface area contributed by atoms with Gasteiger partial charge in [0.15, 0.2) is 5.78 Å². The van der Waals surface area contributed by atoms with Crippen LogP contribution in [0.1, 0.15) is 64.2 Å². The number of amides is 2. The van der Waals surface area contributed by atoms with E-state index in [0.717, 1.165) is 22.4 Å². The number of nitrogens with one attached hydrogen (secondary N) is 2. The Labute approximate surface area is 298 Å². The molecule has 0 saturated carbocycles. The number of hydrogen-bond acceptors (Lipinski definition) is 7. The zero-order chi connectivity index (χ0) is 36.5. The molecule has 1 aliphatic rings. The van der Waals surface area contributed by atoms with Crippen LogP contribution in [0.4, 0.5) is 4.79 Å². The van der Waals surface area contributed by atoms with Crippen LogP contribution >= 0.6 is 0 Å². The minimum atomic E-state index is -1.98. The van der Waals surface area contributed by atoms with Crippen LogP contribution < -0.4 is 19.8 Å². The van der Waals surface area contributed by atoms with Crippen LogP contribution in [0.2, 0.25) is 18.1 Å². The lowest BCUT2D eigenvalue weighted by Gasteiger charge is -2.36. The van der Waals surface area contributed by atoms with Crippen molar-refractivity contribution < 1.29 is 33.0 Å². The van der Waals surface area contributed by atoms with Crippen molar-refractivity contribution in [3.05, 3.63) is 95.6 Å². The Morgan fingerprint density at radius 3 is 2.00 bits per heavy atom. The Morgan fingerprint density at radius 2 is 1.44 bits per heavy atom. The van der Waals surface area contributed by atoms with E-state index < -0.39 is 26.4 Å². The average Bonchev–Trinajstić information content (AvgIpc) is 3.80. The van der Waals surface area contributed by atoms with E-state index in [2.05, 4.69) is 56.6 Å². The summed E-state index contributed by atoms with van der Waals surface area (Å²) in [4.78, 5) is 40.0. The summed E-state index contributed by atoms with van der Waals surface area (Å²) in [6.45, 7) is 15.5. The molecule has 1 saturated heterocycles. The maximum absolute atomic E-state index is 14.1. The van der Waals surface area contributed by atoms with Crippen molar-refractivity contribution in [1.29, 1.82) is 0 Å². The highest BCUT2D eigenvalue weighted by Crippen LogP contribution is 2.37. The van der Waals surface area contributed by atoms with Crippen LogP contribution in [0.5, 0.6) is 11.5 Å². The van der Waals surface area contributed by atoms with E-state index in [4.69, 9.17) is 18.6 Å². The molecule has 0 spiro atoms. The standard InChI is InChI=1S/C40H54N2O7Si/c1-28(41-38(45)47-26-31-12-10-9-11-13-31)36(43)24-32(22-29-14-18-34(46-6)19-15-29)37(44)42-33(25-40(5)27-48-40)23-30-16-20-35(21-17-30)49-50(7,8)39(2,3)4/h9-21,28,32-33H,22-27H2,1-8H3,(H,41,45)(H,42,44)/t28-,32-,33+,40+/m1/s1. The summed E-state index contributed by atoms with van der Waals surface area (Å²) in [5.74, 6) is 0.400. The average molecular weight is 703 g/mol. The van der Waals surface area contributed by atoms with Crippen molar-refractivity contribution in [1.82, 2.24) is 10.6 Å². The van der Waals surface area contributed by atoms with E-state index in [9.17, 15) is 14.4 Å². The molecule has 1 heterocycles. The number of ether oxygens (including phenoxy) is 3. The van der Waals surface area contributed by atoms with Gasteiger partial charge in [-0.3, -0.25) is 9.59 Å². The fraction of sp³-hybridized carbons (Fsp3) is 0.475. The SMILES string of the molecule is COc1ccc(C[C@H](CC(=O)[C@@H](C)NC(=O)OCc2ccccc2)C(=O)N[C@@H](Cc2ccc(O[Si](C)(C)C(C)(C)C)cc2)C[C@@]2(C)CO2)cc1. The highest BCUT2D eigenvalue weighted by molar-refractivity contribution is 6.74. The number of rotatable bonds is 17. The molecule has 3 aromatic carbocycles. The maximum atomic E-state index is 14.1. The molecule has 0 aromatic heterocycles. The number of ketones is 1. The first-order valence-electron chi connectivity index (χ1n) is 17.4. The lowest BCUT2D eigenvalue weighted by atomic mass is 9.90. The van der Waals surface area contributed by atoms with Gasteiger partial charge in [0.05, 0.1) is 25.4 Å². The van der Waals surface area contributed by atoms with Crippen LogP contribution in [0.25, 0.3) is 0 Å². The van der Waals surface area contributed by atoms with E-state index in [1.165, 1.54) is 0 Å². The highest BCUT2D eigenvalue weighted by atomic mass is 28.4. The summed E-state index contributed by atoms with van der Waals surface area (Å²) < 4.78 is 22.8. The van der Waals surface area contributed by atoms with Crippen molar-refractivity contribution >= 4 is 26.1 Å². The van der Waals surface area contributed by atoms with Gasteiger partial charge in [-0.25, -0.2) is 4.79 Å². The molecule has 4 rings (SSSR count). The third-order valence-corrected chi connectivity index (χ3v) is 14.1. The molecule has 50 heavy (non-hydrogen) atoms. The number of benzene rings is 3. The van der Waals surface area contributed by atoms with Gasteiger partial charge in [-0.1, -0.05) is 75.4 Å². The van der Waals surface area contributed by atoms with E-state index in [-0.39, 0.29) is 41.4 Å². The minimum absolute atomic E-state index is 0.0576. The maximum Gasteiger partial charge on any atom is 0.408 e. The van der Waals surface area contributed by atoms with Crippen molar-refractivity contribution in [3.8, 4) is 11.5 Å². The first kappa shape index (κ1) is 38.6. The topological polar surface area (TPSA) is 115 Å². The van der Waals surface area contributed by atoms with E-state index in [1.54, 1.807) is 14.0 Å². The summed E-state index contributed by atoms with van der Waals surface area (Å²) in [6.07, 6.45) is 0.823. The molecular weight excluding hydrogens is 649 g/mol. The summed E-state index contributed by atoms with van der Waals surface area (Å²) in [7, 11) is -0.379. The molecule has 0 aliphatic carbocycles. The first-order chi connectivity index (χ1) is 23.6. The zero-order valence-electron chi connectivity index (χ0n) is 30.8. The molecule has 3 aromatic rings. The van der Waals surface area contributed by atoms with Crippen LogP contribution in [0.15, 0.2) is 78.9 Å². The van der Waals surface area contributed by atoms with Crippen molar-refractivity contribution in [2.75, 3.05) is 13.7 Å². The molecule has 2 amide bonds. The van der Waals surface area contributed by atoms with Crippen LogP contribution in [0.3, 0.4) is 0 Å². The molecule has 1 aliphatic heterocycles. The molecule has 10 heteroatoms.